The number of hydrogen-bond acceptors (Lipinski definition) is 5. The molecule has 9 heteroatoms. The van der Waals surface area contributed by atoms with E-state index in [4.69, 9.17) is 9.47 Å². The second kappa shape index (κ2) is 16.7. The van der Waals surface area contributed by atoms with Gasteiger partial charge in [0.1, 0.15) is 17.1 Å². The fourth-order valence-corrected chi connectivity index (χ4v) is 8.58. The van der Waals surface area contributed by atoms with E-state index in [2.05, 4.69) is 34.6 Å². The van der Waals surface area contributed by atoms with E-state index in [0.29, 0.717) is 5.75 Å². The first-order valence-electron chi connectivity index (χ1n) is 16.0. The van der Waals surface area contributed by atoms with Crippen LogP contribution < -0.4 is 9.47 Å². The average molecular weight is 628 g/mol. The Kier molecular flexibility index (Phi) is 14.7. The Morgan fingerprint density at radius 1 is 1.05 bits per heavy atom. The summed E-state index contributed by atoms with van der Waals surface area (Å²) in [5.74, 6) is 3.10. The number of ether oxygens (including phenoxy) is 2. The van der Waals surface area contributed by atoms with Gasteiger partial charge in [-0.1, -0.05) is 72.6 Å². The third kappa shape index (κ3) is 12.0. The second-order valence-corrected chi connectivity index (χ2v) is 17.9. The molecule has 0 amide bonds. The Hall–Kier alpha value is -1.26. The zero-order chi connectivity index (χ0) is 31.7. The van der Waals surface area contributed by atoms with Gasteiger partial charge < -0.3 is 14.4 Å². The highest BCUT2D eigenvalue weighted by Crippen LogP contribution is 2.54. The van der Waals surface area contributed by atoms with Crippen LogP contribution >= 0.6 is 15.4 Å². The standard InChI is InChI=1S/C33H56O7P2/c1-23(2)12-9-13-24(3)14-10-15-25(4)16-11-20-33(7)21-19-28-27(6)32(26(5)22-29(28)40-33)39-30(34)17-18-31(41(35)36)42(8,37)38/h22-25,31H,9-21H2,1-8H3,(H-,35,36,37,38)/p+1. The monoisotopic (exact) mass is 627 g/mol. The Labute approximate surface area is 255 Å². The predicted octanol–water partition coefficient (Wildman–Crippen LogP) is 9.47. The van der Waals surface area contributed by atoms with E-state index in [1.54, 1.807) is 0 Å². The molecule has 2 N–H and O–H groups in total. The van der Waals surface area contributed by atoms with Gasteiger partial charge in [-0.05, 0) is 86.0 Å². The summed E-state index contributed by atoms with van der Waals surface area (Å²) < 4.78 is 35.6. The molecule has 1 heterocycles. The number of fused-ring (bicyclic) bond motifs is 1. The fraction of sp³-hybridized carbons (Fsp3) is 0.788. The van der Waals surface area contributed by atoms with Gasteiger partial charge in [0.05, 0.1) is 6.42 Å². The Morgan fingerprint density at radius 2 is 1.62 bits per heavy atom. The number of carbonyl (C=O) groups is 1. The SMILES string of the molecule is Cc1cc2c(c(C)c1OC(=O)CCC([P+](=O)O)P(C)(=O)O)CCC(C)(CCCC(C)CCCC(C)CCCC(C)C)O2. The van der Waals surface area contributed by atoms with Gasteiger partial charge in [0.25, 0.3) is 5.40 Å². The van der Waals surface area contributed by atoms with Crippen molar-refractivity contribution in [2.45, 2.75) is 143 Å². The summed E-state index contributed by atoms with van der Waals surface area (Å²) in [6.45, 7) is 16.4. The van der Waals surface area contributed by atoms with Crippen molar-refractivity contribution >= 4 is 21.4 Å². The maximum absolute atomic E-state index is 12.6. The summed E-state index contributed by atoms with van der Waals surface area (Å²) in [4.78, 5) is 31.7. The molecule has 0 fully saturated rings. The van der Waals surface area contributed by atoms with Crippen molar-refractivity contribution in [1.29, 1.82) is 0 Å². The van der Waals surface area contributed by atoms with Crippen LogP contribution in [0.3, 0.4) is 0 Å². The third-order valence-electron chi connectivity index (χ3n) is 8.96. The molecule has 1 aliphatic heterocycles. The molecule has 2 rings (SSSR count). The summed E-state index contributed by atoms with van der Waals surface area (Å²) in [6.07, 6.45) is 12.7. The molecule has 42 heavy (non-hydrogen) atoms. The molecule has 0 aliphatic carbocycles. The van der Waals surface area contributed by atoms with Crippen LogP contribution in [0, 0.1) is 31.6 Å². The van der Waals surface area contributed by atoms with Crippen molar-refractivity contribution in [2.24, 2.45) is 17.8 Å². The highest BCUT2D eigenvalue weighted by Gasteiger charge is 2.42. The first kappa shape index (κ1) is 36.9. The lowest BCUT2D eigenvalue weighted by molar-refractivity contribution is -0.134. The zero-order valence-corrected chi connectivity index (χ0v) is 29.2. The summed E-state index contributed by atoms with van der Waals surface area (Å²) >= 11 is 0. The lowest BCUT2D eigenvalue weighted by Crippen LogP contribution is -2.36. The molecule has 0 aromatic heterocycles. The number of carbonyl (C=O) groups excluding carboxylic acids is 1. The molecule has 1 aromatic rings. The molecule has 0 saturated heterocycles. The van der Waals surface area contributed by atoms with Gasteiger partial charge in [-0.3, -0.25) is 9.36 Å². The largest absolute Gasteiger partial charge is 0.519 e. The molecule has 1 aliphatic rings. The van der Waals surface area contributed by atoms with Gasteiger partial charge in [0.2, 0.25) is 7.37 Å². The summed E-state index contributed by atoms with van der Waals surface area (Å²) in [7, 11) is -6.68. The van der Waals surface area contributed by atoms with Crippen molar-refractivity contribution in [3.63, 3.8) is 0 Å². The molecule has 1 aromatic carbocycles. The quantitative estimate of drug-likeness (QED) is 0.0947. The van der Waals surface area contributed by atoms with E-state index in [0.717, 1.165) is 72.5 Å². The van der Waals surface area contributed by atoms with Crippen LogP contribution in [-0.2, 0) is 20.3 Å². The van der Waals surface area contributed by atoms with Crippen LogP contribution in [0.25, 0.3) is 0 Å². The van der Waals surface area contributed by atoms with Gasteiger partial charge >= 0.3 is 14.0 Å². The van der Waals surface area contributed by atoms with E-state index < -0.39 is 26.8 Å². The third-order valence-corrected chi connectivity index (χ3v) is 13.0. The van der Waals surface area contributed by atoms with Gasteiger partial charge in [-0.25, -0.2) is 0 Å². The zero-order valence-electron chi connectivity index (χ0n) is 27.4. The van der Waals surface area contributed by atoms with Crippen molar-refractivity contribution in [3.05, 3.63) is 22.8 Å². The average Bonchev–Trinajstić information content (AvgIpc) is 2.85. The van der Waals surface area contributed by atoms with E-state index in [-0.39, 0.29) is 18.4 Å². The van der Waals surface area contributed by atoms with Gasteiger partial charge in [0.15, 0.2) is 0 Å². The van der Waals surface area contributed by atoms with Crippen LogP contribution in [0.15, 0.2) is 6.07 Å². The molecule has 240 valence electrons. The molecular formula is C33H57O7P2+. The molecule has 6 unspecified atom stereocenters. The first-order chi connectivity index (χ1) is 19.5. The summed E-state index contributed by atoms with van der Waals surface area (Å²) in [6, 6.07) is 1.94. The summed E-state index contributed by atoms with van der Waals surface area (Å²) in [5, 5.41) is -1.34. The molecule has 0 saturated carbocycles. The predicted molar refractivity (Wildman–Crippen MR) is 172 cm³/mol. The van der Waals surface area contributed by atoms with Gasteiger partial charge in [-0.15, -0.1) is 0 Å². The molecular weight excluding hydrogens is 570 g/mol. The molecule has 0 bridgehead atoms. The van der Waals surface area contributed by atoms with Crippen LogP contribution in [0.1, 0.15) is 128 Å². The van der Waals surface area contributed by atoms with Crippen LogP contribution in [0.5, 0.6) is 11.5 Å². The minimum atomic E-state index is -3.81. The van der Waals surface area contributed by atoms with Gasteiger partial charge in [0, 0.05) is 18.6 Å². The molecule has 0 spiro atoms. The number of rotatable bonds is 18. The number of esters is 1. The van der Waals surface area contributed by atoms with Crippen LogP contribution in [0.2, 0.25) is 0 Å². The molecule has 0 radical (unpaired) electrons. The number of aryl methyl sites for hydroxylation is 1. The van der Waals surface area contributed by atoms with Gasteiger partial charge in [-0.2, -0.15) is 4.89 Å². The Bertz CT molecular complexity index is 1100. The lowest BCUT2D eigenvalue weighted by atomic mass is 9.85. The summed E-state index contributed by atoms with van der Waals surface area (Å²) in [5.41, 5.74) is 2.47. The van der Waals surface area contributed by atoms with E-state index in [1.807, 2.05) is 19.9 Å². The van der Waals surface area contributed by atoms with E-state index >= 15 is 0 Å². The lowest BCUT2D eigenvalue weighted by Gasteiger charge is -2.37. The Morgan fingerprint density at radius 3 is 2.17 bits per heavy atom. The Balaban J connectivity index is 1.86. The van der Waals surface area contributed by atoms with Crippen molar-refractivity contribution in [2.75, 3.05) is 6.66 Å². The smallest absolute Gasteiger partial charge is 0.487 e. The normalized spacial score (nSPS) is 20.7. The first-order valence-corrected chi connectivity index (χ1v) is 19.5. The second-order valence-electron chi connectivity index (χ2n) is 13.8. The highest BCUT2D eigenvalue weighted by molar-refractivity contribution is 7.68. The molecule has 7 nitrogen and oxygen atoms in total. The van der Waals surface area contributed by atoms with Crippen LogP contribution in [0.4, 0.5) is 0 Å². The van der Waals surface area contributed by atoms with Crippen molar-refractivity contribution in [3.8, 4) is 11.5 Å². The van der Waals surface area contributed by atoms with Crippen molar-refractivity contribution < 1.29 is 33.2 Å². The fourth-order valence-electron chi connectivity index (χ4n) is 6.16. The van der Waals surface area contributed by atoms with Crippen LogP contribution in [-0.4, -0.2) is 33.4 Å². The van der Waals surface area contributed by atoms with E-state index in [1.165, 1.54) is 44.9 Å². The van der Waals surface area contributed by atoms with E-state index in [9.17, 15) is 23.7 Å². The molecule has 6 atom stereocenters. The maximum atomic E-state index is 12.6. The van der Waals surface area contributed by atoms with Crippen molar-refractivity contribution in [1.82, 2.24) is 0 Å². The number of hydrogen-bond donors (Lipinski definition) is 2. The number of benzene rings is 1. The minimum absolute atomic E-state index is 0.185. The minimum Gasteiger partial charge on any atom is -0.487 e. The topological polar surface area (TPSA) is 110 Å². The highest BCUT2D eigenvalue weighted by atomic mass is 31.2. The maximum Gasteiger partial charge on any atom is 0.519 e.